The first-order valence-electron chi connectivity index (χ1n) is 16.8. The highest BCUT2D eigenvalue weighted by atomic mass is 28.4. The first-order chi connectivity index (χ1) is 18.2. The summed E-state index contributed by atoms with van der Waals surface area (Å²) < 4.78 is 7.01. The van der Waals surface area contributed by atoms with Gasteiger partial charge in [-0.2, -0.15) is 0 Å². The number of ketones is 1. The number of carbonyl (C=O) groups excluding carboxylic acids is 1. The third-order valence-corrected chi connectivity index (χ3v) is 19.5. The van der Waals surface area contributed by atoms with Crippen LogP contribution in [0.4, 0.5) is 0 Å². The van der Waals surface area contributed by atoms with Gasteiger partial charge in [0.2, 0.25) is 0 Å². The van der Waals surface area contributed by atoms with Gasteiger partial charge < -0.3 is 9.53 Å². The van der Waals surface area contributed by atoms with Gasteiger partial charge in [0.15, 0.2) is 14.1 Å². The number of hydrogen-bond acceptors (Lipinski definition) is 3. The molecule has 5 aliphatic carbocycles. The molecular weight excluding hydrogens is 508 g/mol. The summed E-state index contributed by atoms with van der Waals surface area (Å²) in [5.41, 5.74) is 3.35. The van der Waals surface area contributed by atoms with Crippen LogP contribution in [0.1, 0.15) is 127 Å². The van der Waals surface area contributed by atoms with E-state index in [1.807, 2.05) is 0 Å². The number of hydrogen-bond donors (Lipinski definition) is 1. The van der Waals surface area contributed by atoms with E-state index in [0.717, 1.165) is 25.9 Å². The first kappa shape index (κ1) is 31.0. The first-order valence-corrected chi connectivity index (χ1v) is 19.7. The Balaban J connectivity index is 1.55. The molecule has 0 heterocycles. The van der Waals surface area contributed by atoms with E-state index in [1.165, 1.54) is 37.7 Å². The number of allylic oxidation sites excluding steroid dienone is 1. The minimum Gasteiger partial charge on any atom is -0.416 e. The second-order valence-electron chi connectivity index (χ2n) is 18.4. The Labute approximate surface area is 247 Å². The molecule has 0 aromatic carbocycles. The molecule has 0 aromatic heterocycles. The van der Waals surface area contributed by atoms with E-state index in [0.29, 0.717) is 30.0 Å². The standard InChI is InChI=1S/C36H62O3Si/c1-23(2)29-25(37)21-36(22-39-40(11,12)31(3,4)5)20-19-34(9)24(30(29)36)13-14-27-33(8)17-16-28(38)32(6,7)26(33)15-18-35(27,34)10/h23-24,26-28,38H,13-22H2,1-12H3/t24-,26+,27-,28?,33+,34-,35-,36+/m1/s1. The third kappa shape index (κ3) is 4.03. The van der Waals surface area contributed by atoms with Crippen molar-refractivity contribution in [3.05, 3.63) is 11.1 Å². The average Bonchev–Trinajstić information content (AvgIpc) is 3.13. The van der Waals surface area contributed by atoms with Crippen LogP contribution in [0, 0.1) is 50.7 Å². The summed E-state index contributed by atoms with van der Waals surface area (Å²) in [5, 5.41) is 11.2. The second kappa shape index (κ2) is 9.27. The Bertz CT molecular complexity index is 1080. The molecular formula is C36H62O3Si. The molecule has 0 aromatic rings. The fourth-order valence-corrected chi connectivity index (χ4v) is 12.5. The molecule has 5 aliphatic rings. The normalized spacial score (nSPS) is 45.2. The van der Waals surface area contributed by atoms with Gasteiger partial charge >= 0.3 is 0 Å². The highest BCUT2D eigenvalue weighted by Gasteiger charge is 2.70. The summed E-state index contributed by atoms with van der Waals surface area (Å²) in [6.07, 6.45) is 9.85. The van der Waals surface area contributed by atoms with Gasteiger partial charge in [-0.1, -0.05) is 74.8 Å². The predicted octanol–water partition coefficient (Wildman–Crippen LogP) is 9.35. The predicted molar refractivity (Wildman–Crippen MR) is 169 cm³/mol. The third-order valence-electron chi connectivity index (χ3n) is 15.1. The van der Waals surface area contributed by atoms with Crippen molar-refractivity contribution >= 4 is 14.1 Å². The molecule has 0 bridgehead atoms. The van der Waals surface area contributed by atoms with Gasteiger partial charge in [0, 0.05) is 18.4 Å². The molecule has 4 heteroatoms. The number of Topliss-reactive ketones (excluding diaryl/α,β-unsaturated/α-hetero) is 1. The summed E-state index contributed by atoms with van der Waals surface area (Å²) in [6.45, 7) is 29.6. The van der Waals surface area contributed by atoms with Crippen molar-refractivity contribution < 1.29 is 14.3 Å². The van der Waals surface area contributed by atoms with Crippen LogP contribution in [0.5, 0.6) is 0 Å². The van der Waals surface area contributed by atoms with Crippen LogP contribution in [0.2, 0.25) is 18.1 Å². The van der Waals surface area contributed by atoms with Gasteiger partial charge in [0.05, 0.1) is 6.10 Å². The van der Waals surface area contributed by atoms with Crippen LogP contribution in [-0.4, -0.2) is 31.9 Å². The van der Waals surface area contributed by atoms with Gasteiger partial charge in [-0.3, -0.25) is 4.79 Å². The molecule has 3 nitrogen and oxygen atoms in total. The highest BCUT2D eigenvalue weighted by molar-refractivity contribution is 6.74. The molecule has 0 aliphatic heterocycles. The lowest BCUT2D eigenvalue weighted by Gasteiger charge is -2.72. The smallest absolute Gasteiger partial charge is 0.192 e. The largest absolute Gasteiger partial charge is 0.416 e. The van der Waals surface area contributed by atoms with Crippen molar-refractivity contribution in [3.8, 4) is 0 Å². The molecule has 1 N–H and O–H groups in total. The molecule has 228 valence electrons. The van der Waals surface area contributed by atoms with E-state index < -0.39 is 8.32 Å². The topological polar surface area (TPSA) is 46.5 Å². The van der Waals surface area contributed by atoms with Gasteiger partial charge in [0.25, 0.3) is 0 Å². The Morgan fingerprint density at radius 1 is 0.900 bits per heavy atom. The molecule has 0 saturated heterocycles. The lowest BCUT2D eigenvalue weighted by atomic mass is 9.33. The van der Waals surface area contributed by atoms with Gasteiger partial charge in [-0.05, 0) is 120 Å². The van der Waals surface area contributed by atoms with E-state index in [4.69, 9.17) is 4.43 Å². The fourth-order valence-electron chi connectivity index (χ4n) is 11.4. The Kier molecular flexibility index (Phi) is 7.18. The lowest BCUT2D eigenvalue weighted by molar-refractivity contribution is -0.229. The number of rotatable bonds is 4. The molecule has 40 heavy (non-hydrogen) atoms. The molecule has 4 saturated carbocycles. The maximum Gasteiger partial charge on any atom is 0.192 e. The van der Waals surface area contributed by atoms with E-state index >= 15 is 0 Å². The van der Waals surface area contributed by atoms with Crippen LogP contribution in [-0.2, 0) is 9.22 Å². The Morgan fingerprint density at radius 2 is 1.55 bits per heavy atom. The van der Waals surface area contributed by atoms with E-state index in [-0.39, 0.29) is 44.1 Å². The van der Waals surface area contributed by atoms with Gasteiger partial charge in [0.1, 0.15) is 0 Å². The monoisotopic (exact) mass is 570 g/mol. The molecule has 1 unspecified atom stereocenters. The zero-order valence-electron chi connectivity index (χ0n) is 28.2. The molecule has 4 fully saturated rings. The summed E-state index contributed by atoms with van der Waals surface area (Å²) >= 11 is 0. The van der Waals surface area contributed by atoms with Gasteiger partial charge in [-0.25, -0.2) is 0 Å². The minimum atomic E-state index is -1.93. The van der Waals surface area contributed by atoms with Crippen LogP contribution in [0.3, 0.4) is 0 Å². The van der Waals surface area contributed by atoms with Crippen molar-refractivity contribution in [1.82, 2.24) is 0 Å². The van der Waals surface area contributed by atoms with Gasteiger partial charge in [-0.15, -0.1) is 0 Å². The Morgan fingerprint density at radius 3 is 2.15 bits per heavy atom. The zero-order valence-corrected chi connectivity index (χ0v) is 29.2. The quantitative estimate of drug-likeness (QED) is 0.343. The fraction of sp³-hybridized carbons (Fsp3) is 0.917. The van der Waals surface area contributed by atoms with E-state index in [9.17, 15) is 9.90 Å². The van der Waals surface area contributed by atoms with Crippen molar-refractivity contribution in [1.29, 1.82) is 0 Å². The average molecular weight is 571 g/mol. The number of aliphatic hydroxyl groups excluding tert-OH is 1. The number of aliphatic hydroxyl groups is 1. The zero-order chi connectivity index (χ0) is 29.9. The second-order valence-corrected chi connectivity index (χ2v) is 23.2. The maximum absolute atomic E-state index is 13.9. The minimum absolute atomic E-state index is 0.0138. The molecule has 0 spiro atoms. The highest BCUT2D eigenvalue weighted by Crippen LogP contribution is 2.76. The molecule has 0 amide bonds. The number of carbonyl (C=O) groups is 1. The van der Waals surface area contributed by atoms with Crippen LogP contribution < -0.4 is 0 Å². The summed E-state index contributed by atoms with van der Waals surface area (Å²) in [6, 6.07) is 0. The van der Waals surface area contributed by atoms with Crippen molar-refractivity contribution in [2.24, 2.45) is 50.7 Å². The Hall–Kier alpha value is -0.453. The SMILES string of the molecule is CC(C)C1=C2[C@H]3CC[C@@H]4[C@@]5(C)CCC(O)C(C)(C)[C@@H]5CC[C@@]4(C)[C@]3(C)CC[C@@]2(CO[Si](C)(C)C(C)(C)C)CC1=O. The van der Waals surface area contributed by atoms with E-state index in [1.54, 1.807) is 5.57 Å². The number of fused-ring (bicyclic) bond motifs is 7. The van der Waals surface area contributed by atoms with E-state index in [2.05, 4.69) is 82.3 Å². The summed E-state index contributed by atoms with van der Waals surface area (Å²) in [4.78, 5) is 13.9. The maximum atomic E-state index is 13.9. The van der Waals surface area contributed by atoms with Crippen LogP contribution >= 0.6 is 0 Å². The molecule has 0 radical (unpaired) electrons. The molecule has 5 rings (SSSR count). The van der Waals surface area contributed by atoms with Crippen molar-refractivity contribution in [2.45, 2.75) is 151 Å². The van der Waals surface area contributed by atoms with Crippen LogP contribution in [0.25, 0.3) is 0 Å². The van der Waals surface area contributed by atoms with Crippen molar-refractivity contribution in [3.63, 3.8) is 0 Å². The van der Waals surface area contributed by atoms with Crippen molar-refractivity contribution in [2.75, 3.05) is 6.61 Å². The molecule has 8 atom stereocenters. The summed E-state index contributed by atoms with van der Waals surface area (Å²) in [7, 11) is -1.93. The summed E-state index contributed by atoms with van der Waals surface area (Å²) in [5.74, 6) is 2.44. The van der Waals surface area contributed by atoms with Crippen LogP contribution in [0.15, 0.2) is 11.1 Å². The lowest BCUT2D eigenvalue weighted by Crippen LogP contribution is -2.65.